The Balaban J connectivity index is 2.10. The number of hydrogen-bond donors (Lipinski definition) is 2. The highest BCUT2D eigenvalue weighted by molar-refractivity contribution is 5.98. The zero-order valence-corrected chi connectivity index (χ0v) is 10.3. The Morgan fingerprint density at radius 1 is 1.44 bits per heavy atom. The number of nitrogens with one attached hydrogen (secondary N) is 1. The van der Waals surface area contributed by atoms with Gasteiger partial charge in [0.05, 0.1) is 31.6 Å². The summed E-state index contributed by atoms with van der Waals surface area (Å²) in [5.41, 5.74) is 9.47. The van der Waals surface area contributed by atoms with E-state index >= 15 is 0 Å². The Labute approximate surface area is 106 Å². The van der Waals surface area contributed by atoms with Gasteiger partial charge < -0.3 is 15.2 Å². The number of rotatable bonds is 3. The number of benzene rings is 1. The molecular formula is C12H17N3O3. The number of amides is 1. The molecule has 0 unspecified atom stereocenters. The predicted octanol–water partition coefficient (Wildman–Crippen LogP) is 0.254. The number of anilines is 1. The Morgan fingerprint density at radius 3 is 2.83 bits per heavy atom. The number of hydrazine groups is 1. The molecule has 0 saturated carbocycles. The molecule has 0 aromatic heterocycles. The van der Waals surface area contributed by atoms with E-state index in [-0.39, 0.29) is 5.91 Å². The Kier molecular flexibility index (Phi) is 4.01. The molecule has 0 radical (unpaired) electrons. The van der Waals surface area contributed by atoms with Crippen LogP contribution in [0.4, 0.5) is 5.69 Å². The molecule has 98 valence electrons. The first kappa shape index (κ1) is 12.7. The fourth-order valence-corrected chi connectivity index (χ4v) is 1.84. The number of nitrogens with two attached hydrogens (primary N) is 1. The van der Waals surface area contributed by atoms with Crippen LogP contribution in [0.2, 0.25) is 0 Å². The van der Waals surface area contributed by atoms with Gasteiger partial charge in [-0.15, -0.1) is 0 Å². The van der Waals surface area contributed by atoms with Crippen molar-refractivity contribution in [1.82, 2.24) is 10.4 Å². The first-order valence-corrected chi connectivity index (χ1v) is 5.78. The van der Waals surface area contributed by atoms with Crippen LogP contribution in [-0.2, 0) is 4.74 Å². The van der Waals surface area contributed by atoms with Gasteiger partial charge in [-0.3, -0.25) is 10.2 Å². The number of morpholine rings is 1. The van der Waals surface area contributed by atoms with Crippen molar-refractivity contribution >= 4 is 11.6 Å². The molecule has 6 nitrogen and oxygen atoms in total. The molecule has 1 fully saturated rings. The molecule has 1 heterocycles. The van der Waals surface area contributed by atoms with Crippen LogP contribution in [0.25, 0.3) is 0 Å². The molecule has 0 atom stereocenters. The lowest BCUT2D eigenvalue weighted by Gasteiger charge is -2.27. The summed E-state index contributed by atoms with van der Waals surface area (Å²) in [6.07, 6.45) is 0. The minimum atomic E-state index is -0.221. The van der Waals surface area contributed by atoms with Gasteiger partial charge in [0.2, 0.25) is 0 Å². The quantitative estimate of drug-likeness (QED) is 0.753. The molecule has 18 heavy (non-hydrogen) atoms. The molecule has 6 heteroatoms. The van der Waals surface area contributed by atoms with E-state index in [4.69, 9.17) is 15.2 Å². The Morgan fingerprint density at radius 2 is 2.17 bits per heavy atom. The number of para-hydroxylation sites is 1. The van der Waals surface area contributed by atoms with Crippen LogP contribution in [0.5, 0.6) is 5.75 Å². The third kappa shape index (κ3) is 2.72. The molecule has 2 rings (SSSR count). The fraction of sp³-hybridized carbons (Fsp3) is 0.417. The summed E-state index contributed by atoms with van der Waals surface area (Å²) in [7, 11) is 1.50. The highest BCUT2D eigenvalue weighted by Gasteiger charge is 2.18. The number of nitrogen functional groups attached to an aromatic ring is 1. The van der Waals surface area contributed by atoms with Gasteiger partial charge in [0.1, 0.15) is 0 Å². The molecule has 1 aliphatic heterocycles. The van der Waals surface area contributed by atoms with Crippen LogP contribution in [0, 0.1) is 0 Å². The van der Waals surface area contributed by atoms with Crippen molar-refractivity contribution in [2.45, 2.75) is 0 Å². The lowest BCUT2D eigenvalue weighted by molar-refractivity contribution is 0.0125. The second-order valence-corrected chi connectivity index (χ2v) is 3.97. The van der Waals surface area contributed by atoms with Crippen molar-refractivity contribution in [1.29, 1.82) is 0 Å². The summed E-state index contributed by atoms with van der Waals surface area (Å²) in [6, 6.07) is 5.11. The lowest BCUT2D eigenvalue weighted by atomic mass is 10.1. The maximum atomic E-state index is 12.1. The smallest absolute Gasteiger partial charge is 0.269 e. The molecule has 1 saturated heterocycles. The van der Waals surface area contributed by atoms with Crippen LogP contribution in [0.1, 0.15) is 10.4 Å². The predicted molar refractivity (Wildman–Crippen MR) is 67.3 cm³/mol. The van der Waals surface area contributed by atoms with Crippen molar-refractivity contribution in [3.05, 3.63) is 23.8 Å². The third-order valence-corrected chi connectivity index (χ3v) is 2.76. The first-order chi connectivity index (χ1) is 8.72. The van der Waals surface area contributed by atoms with E-state index in [0.29, 0.717) is 43.3 Å². The van der Waals surface area contributed by atoms with E-state index in [1.54, 1.807) is 18.2 Å². The van der Waals surface area contributed by atoms with Crippen molar-refractivity contribution in [3.63, 3.8) is 0 Å². The Bertz CT molecular complexity index is 431. The molecule has 3 N–H and O–H groups in total. The largest absolute Gasteiger partial charge is 0.494 e. The van der Waals surface area contributed by atoms with Crippen molar-refractivity contribution in [2.75, 3.05) is 39.1 Å². The molecule has 0 spiro atoms. The number of nitrogens with zero attached hydrogens (tertiary/aromatic N) is 1. The van der Waals surface area contributed by atoms with Gasteiger partial charge >= 0.3 is 0 Å². The normalized spacial score (nSPS) is 16.3. The zero-order valence-electron chi connectivity index (χ0n) is 10.3. The van der Waals surface area contributed by atoms with Gasteiger partial charge in [0.25, 0.3) is 5.91 Å². The van der Waals surface area contributed by atoms with E-state index in [1.807, 2.05) is 5.01 Å². The summed E-state index contributed by atoms with van der Waals surface area (Å²) >= 11 is 0. The van der Waals surface area contributed by atoms with Crippen molar-refractivity contribution in [2.24, 2.45) is 0 Å². The number of ether oxygens (including phenoxy) is 2. The minimum absolute atomic E-state index is 0.221. The second-order valence-electron chi connectivity index (χ2n) is 3.97. The second kappa shape index (κ2) is 5.70. The van der Waals surface area contributed by atoms with Crippen molar-refractivity contribution < 1.29 is 14.3 Å². The molecule has 0 bridgehead atoms. The van der Waals surface area contributed by atoms with E-state index in [0.717, 1.165) is 0 Å². The molecular weight excluding hydrogens is 234 g/mol. The standard InChI is InChI=1S/C12H17N3O3/c1-17-11-9(3-2-4-10(11)13)12(16)14-15-5-7-18-8-6-15/h2-4H,5-8,13H2,1H3,(H,14,16). The number of methoxy groups -OCH3 is 1. The van der Waals surface area contributed by atoms with E-state index in [1.165, 1.54) is 7.11 Å². The van der Waals surface area contributed by atoms with Crippen LogP contribution < -0.4 is 15.9 Å². The van der Waals surface area contributed by atoms with Gasteiger partial charge in [-0.05, 0) is 12.1 Å². The van der Waals surface area contributed by atoms with Gasteiger partial charge in [0.15, 0.2) is 5.75 Å². The van der Waals surface area contributed by atoms with E-state index < -0.39 is 0 Å². The highest BCUT2D eigenvalue weighted by atomic mass is 16.5. The maximum Gasteiger partial charge on any atom is 0.269 e. The van der Waals surface area contributed by atoms with Gasteiger partial charge in [-0.1, -0.05) is 6.07 Å². The molecule has 1 aromatic carbocycles. The number of carbonyl (C=O) groups is 1. The zero-order chi connectivity index (χ0) is 13.0. The van der Waals surface area contributed by atoms with Gasteiger partial charge in [-0.25, -0.2) is 5.01 Å². The van der Waals surface area contributed by atoms with E-state index in [9.17, 15) is 4.79 Å². The highest BCUT2D eigenvalue weighted by Crippen LogP contribution is 2.25. The van der Waals surface area contributed by atoms with E-state index in [2.05, 4.69) is 5.43 Å². The average Bonchev–Trinajstić information content (AvgIpc) is 2.39. The third-order valence-electron chi connectivity index (χ3n) is 2.76. The molecule has 1 aliphatic rings. The number of hydrogen-bond acceptors (Lipinski definition) is 5. The molecule has 1 amide bonds. The topological polar surface area (TPSA) is 76.8 Å². The summed E-state index contributed by atoms with van der Waals surface area (Å²) in [6.45, 7) is 2.59. The van der Waals surface area contributed by atoms with Crippen LogP contribution in [0.15, 0.2) is 18.2 Å². The van der Waals surface area contributed by atoms with Gasteiger partial charge in [0, 0.05) is 13.1 Å². The molecule has 0 aliphatic carbocycles. The lowest BCUT2D eigenvalue weighted by Crippen LogP contribution is -2.48. The van der Waals surface area contributed by atoms with Crippen LogP contribution >= 0.6 is 0 Å². The monoisotopic (exact) mass is 251 g/mol. The van der Waals surface area contributed by atoms with Gasteiger partial charge in [-0.2, -0.15) is 0 Å². The Hall–Kier alpha value is -1.79. The summed E-state index contributed by atoms with van der Waals surface area (Å²) in [5, 5.41) is 1.83. The first-order valence-electron chi connectivity index (χ1n) is 5.78. The fourth-order valence-electron chi connectivity index (χ4n) is 1.84. The summed E-state index contributed by atoms with van der Waals surface area (Å²) in [5.74, 6) is 0.185. The minimum Gasteiger partial charge on any atom is -0.494 e. The average molecular weight is 251 g/mol. The maximum absolute atomic E-state index is 12.1. The summed E-state index contributed by atoms with van der Waals surface area (Å²) < 4.78 is 10.4. The van der Waals surface area contributed by atoms with Crippen LogP contribution in [-0.4, -0.2) is 44.3 Å². The molecule has 1 aromatic rings. The summed E-state index contributed by atoms with van der Waals surface area (Å²) in [4.78, 5) is 12.1. The van der Waals surface area contributed by atoms with Crippen molar-refractivity contribution in [3.8, 4) is 5.75 Å². The van der Waals surface area contributed by atoms with Crippen LogP contribution in [0.3, 0.4) is 0 Å². The number of carbonyl (C=O) groups excluding carboxylic acids is 1. The SMILES string of the molecule is COc1c(N)cccc1C(=O)NN1CCOCC1.